The lowest BCUT2D eigenvalue weighted by molar-refractivity contribution is 0.593. The van der Waals surface area contributed by atoms with Gasteiger partial charge in [-0.15, -0.1) is 0 Å². The summed E-state index contributed by atoms with van der Waals surface area (Å²) in [7, 11) is -2.48. The molecule has 0 saturated heterocycles. The number of primary sulfonamides is 1. The van der Waals surface area contributed by atoms with Crippen LogP contribution in [0.3, 0.4) is 0 Å². The third-order valence-corrected chi connectivity index (χ3v) is 6.13. The van der Waals surface area contributed by atoms with E-state index in [0.29, 0.717) is 10.2 Å². The van der Waals surface area contributed by atoms with Gasteiger partial charge in [0.25, 0.3) is 0 Å². The van der Waals surface area contributed by atoms with Gasteiger partial charge in [-0.2, -0.15) is 0 Å². The molecule has 5 heteroatoms. The standard InChI is InChI=1S/C3H9NO2SSi/c4-7(5,6)3(8)1-2-3/h1-2H2,8H3,(H2,4,5,6). The number of sulfonamides is 1. The molecule has 0 spiro atoms. The molecule has 1 fully saturated rings. The van der Waals surface area contributed by atoms with Crippen LogP contribution in [0.25, 0.3) is 0 Å². The van der Waals surface area contributed by atoms with E-state index in [1.165, 1.54) is 0 Å². The van der Waals surface area contributed by atoms with E-state index in [4.69, 9.17) is 5.14 Å². The minimum Gasteiger partial charge on any atom is -0.229 e. The third kappa shape index (κ3) is 0.807. The van der Waals surface area contributed by atoms with Crippen LogP contribution in [0.5, 0.6) is 0 Å². The topological polar surface area (TPSA) is 60.2 Å². The van der Waals surface area contributed by atoms with Crippen molar-refractivity contribution in [3.05, 3.63) is 0 Å². The highest BCUT2D eigenvalue weighted by Gasteiger charge is 2.47. The molecule has 0 unspecified atom stereocenters. The van der Waals surface area contributed by atoms with E-state index in [9.17, 15) is 8.42 Å². The summed E-state index contributed by atoms with van der Waals surface area (Å²) in [5, 5.41) is 4.88. The maximum absolute atomic E-state index is 10.5. The molecule has 0 aromatic heterocycles. The van der Waals surface area contributed by atoms with Crippen LogP contribution in [-0.4, -0.2) is 23.0 Å². The summed E-state index contributed by atoms with van der Waals surface area (Å²) in [6, 6.07) is 0. The highest BCUT2D eigenvalue weighted by Crippen LogP contribution is 2.37. The SMILES string of the molecule is NS(=O)(=O)C1([SiH3])CC1. The lowest BCUT2D eigenvalue weighted by atomic mass is 10.9. The third-order valence-electron chi connectivity index (χ3n) is 1.64. The van der Waals surface area contributed by atoms with Gasteiger partial charge < -0.3 is 0 Å². The number of nitrogens with two attached hydrogens (primary N) is 1. The second kappa shape index (κ2) is 1.34. The van der Waals surface area contributed by atoms with Gasteiger partial charge in [0.2, 0.25) is 10.0 Å². The Balaban J connectivity index is 2.90. The molecule has 1 aliphatic carbocycles. The second-order valence-electron chi connectivity index (χ2n) is 2.49. The first kappa shape index (κ1) is 6.25. The van der Waals surface area contributed by atoms with Crippen LogP contribution >= 0.6 is 0 Å². The molecular weight excluding hydrogens is 142 g/mol. The fraction of sp³-hybridized carbons (Fsp3) is 1.00. The van der Waals surface area contributed by atoms with Gasteiger partial charge in [0.15, 0.2) is 0 Å². The molecule has 0 radical (unpaired) electrons. The van der Waals surface area contributed by atoms with Crippen molar-refractivity contribution in [3.63, 3.8) is 0 Å². The molecule has 0 atom stereocenters. The van der Waals surface area contributed by atoms with Crippen molar-refractivity contribution in [3.8, 4) is 0 Å². The van der Waals surface area contributed by atoms with Gasteiger partial charge in [0.05, 0.1) is 4.37 Å². The van der Waals surface area contributed by atoms with E-state index in [0.717, 1.165) is 12.8 Å². The Morgan fingerprint density at radius 2 is 1.88 bits per heavy atom. The van der Waals surface area contributed by atoms with Crippen LogP contribution in [0.2, 0.25) is 0 Å². The largest absolute Gasteiger partial charge is 0.229 e. The lowest BCUT2D eigenvalue weighted by Crippen LogP contribution is -2.30. The second-order valence-corrected chi connectivity index (χ2v) is 7.21. The van der Waals surface area contributed by atoms with E-state index in [1.807, 2.05) is 0 Å². The smallest absolute Gasteiger partial charge is 0.211 e. The number of hydrogen-bond acceptors (Lipinski definition) is 2. The molecule has 1 saturated carbocycles. The van der Waals surface area contributed by atoms with Crippen molar-refractivity contribution < 1.29 is 8.42 Å². The normalized spacial score (nSPS) is 25.6. The van der Waals surface area contributed by atoms with Crippen molar-refractivity contribution in [2.24, 2.45) is 5.14 Å². The molecule has 0 amide bonds. The highest BCUT2D eigenvalue weighted by molar-refractivity contribution is 7.92. The van der Waals surface area contributed by atoms with Gasteiger partial charge in [-0.1, -0.05) is 0 Å². The average Bonchev–Trinajstić information content (AvgIpc) is 2.16. The van der Waals surface area contributed by atoms with Gasteiger partial charge in [0.1, 0.15) is 0 Å². The van der Waals surface area contributed by atoms with Gasteiger partial charge >= 0.3 is 0 Å². The van der Waals surface area contributed by atoms with Crippen molar-refractivity contribution in [2.75, 3.05) is 0 Å². The predicted octanol–water partition coefficient (Wildman–Crippen LogP) is -1.87. The molecule has 1 aliphatic rings. The minimum atomic E-state index is -3.17. The van der Waals surface area contributed by atoms with E-state index in [2.05, 4.69) is 0 Å². The molecule has 0 heterocycles. The summed E-state index contributed by atoms with van der Waals surface area (Å²) in [6.45, 7) is 0. The van der Waals surface area contributed by atoms with Gasteiger partial charge in [-0.3, -0.25) is 0 Å². The van der Waals surface area contributed by atoms with Crippen LogP contribution in [0, 0.1) is 0 Å². The Kier molecular flexibility index (Phi) is 1.05. The first-order chi connectivity index (χ1) is 3.46. The number of rotatable bonds is 1. The zero-order valence-corrected chi connectivity index (χ0v) is 7.53. The zero-order chi connectivity index (χ0) is 6.41. The molecule has 3 nitrogen and oxygen atoms in total. The van der Waals surface area contributed by atoms with E-state index < -0.39 is 14.4 Å². The number of hydrogen-bond donors (Lipinski definition) is 1. The highest BCUT2D eigenvalue weighted by atomic mass is 32.2. The fourth-order valence-electron chi connectivity index (χ4n) is 0.461. The van der Waals surface area contributed by atoms with E-state index in [-0.39, 0.29) is 0 Å². The van der Waals surface area contributed by atoms with Crippen LogP contribution in [-0.2, 0) is 10.0 Å². The van der Waals surface area contributed by atoms with E-state index >= 15 is 0 Å². The predicted molar refractivity (Wildman–Crippen MR) is 35.0 cm³/mol. The Morgan fingerprint density at radius 1 is 1.50 bits per heavy atom. The maximum Gasteiger partial charge on any atom is 0.211 e. The van der Waals surface area contributed by atoms with Crippen molar-refractivity contribution in [2.45, 2.75) is 17.2 Å². The molecule has 8 heavy (non-hydrogen) atoms. The summed E-state index contributed by atoms with van der Waals surface area (Å²) in [4.78, 5) is 0. The summed E-state index contributed by atoms with van der Waals surface area (Å²) < 4.78 is 20.6. The summed E-state index contributed by atoms with van der Waals surface area (Å²) in [5.41, 5.74) is 0. The Labute approximate surface area is 51.7 Å². The molecule has 0 aliphatic heterocycles. The zero-order valence-electron chi connectivity index (χ0n) is 4.72. The minimum absolute atomic E-state index is 0.424. The Morgan fingerprint density at radius 3 is 1.88 bits per heavy atom. The first-order valence-electron chi connectivity index (χ1n) is 2.48. The molecule has 0 bridgehead atoms. The van der Waals surface area contributed by atoms with Crippen LogP contribution in [0.1, 0.15) is 12.8 Å². The molecule has 1 rings (SSSR count). The Hall–Kier alpha value is 0.127. The van der Waals surface area contributed by atoms with Crippen LogP contribution in [0.4, 0.5) is 0 Å². The summed E-state index contributed by atoms with van der Waals surface area (Å²) in [6.07, 6.45) is 1.58. The van der Waals surface area contributed by atoms with Crippen molar-refractivity contribution >= 4 is 20.3 Å². The molecule has 2 N–H and O–H groups in total. The van der Waals surface area contributed by atoms with Gasteiger partial charge in [0, 0.05) is 10.2 Å². The quantitative estimate of drug-likeness (QED) is 0.446. The molecule has 0 aromatic rings. The monoisotopic (exact) mass is 151 g/mol. The summed E-state index contributed by atoms with van der Waals surface area (Å²) >= 11 is 0. The average molecular weight is 151 g/mol. The first-order valence-corrected chi connectivity index (χ1v) is 5.03. The maximum atomic E-state index is 10.5. The summed E-state index contributed by atoms with van der Waals surface area (Å²) in [5.74, 6) is 0. The van der Waals surface area contributed by atoms with Crippen LogP contribution < -0.4 is 5.14 Å². The molecule has 48 valence electrons. The van der Waals surface area contributed by atoms with Gasteiger partial charge in [-0.05, 0) is 12.8 Å². The lowest BCUT2D eigenvalue weighted by Gasteiger charge is -2.01. The molecular formula is C3H9NO2SSi. The van der Waals surface area contributed by atoms with Crippen LogP contribution in [0.15, 0.2) is 0 Å². The molecule has 0 aromatic carbocycles. The Bertz CT molecular complexity index is 193. The fourth-order valence-corrected chi connectivity index (χ4v) is 1.38. The van der Waals surface area contributed by atoms with E-state index in [1.54, 1.807) is 0 Å². The van der Waals surface area contributed by atoms with Crippen molar-refractivity contribution in [1.29, 1.82) is 0 Å². The van der Waals surface area contributed by atoms with Gasteiger partial charge in [-0.25, -0.2) is 13.6 Å². The van der Waals surface area contributed by atoms with Crippen molar-refractivity contribution in [1.82, 2.24) is 0 Å².